The lowest BCUT2D eigenvalue weighted by atomic mass is 9.70. The molecule has 1 heterocycles. The van der Waals surface area contributed by atoms with Crippen LogP contribution in [0.2, 0.25) is 0 Å². The molecule has 0 unspecified atom stereocenters. The molecule has 5 aromatic rings. The van der Waals surface area contributed by atoms with Crippen LogP contribution in [0.4, 0.5) is 0 Å². The van der Waals surface area contributed by atoms with Gasteiger partial charge in [-0.2, -0.15) is 0 Å². The fraction of sp³-hybridized carbons (Fsp3) is 0.538. The van der Waals surface area contributed by atoms with Crippen molar-refractivity contribution in [3.05, 3.63) is 95.1 Å². The predicted molar refractivity (Wildman–Crippen MR) is 233 cm³/mol. The van der Waals surface area contributed by atoms with Gasteiger partial charge in [0.05, 0.1) is 0 Å². The maximum atomic E-state index is 2.73. The molecule has 0 saturated carbocycles. The van der Waals surface area contributed by atoms with Crippen molar-refractivity contribution in [2.24, 2.45) is 0 Å². The van der Waals surface area contributed by atoms with Gasteiger partial charge in [0.1, 0.15) is 0 Å². The van der Waals surface area contributed by atoms with Crippen molar-refractivity contribution in [3.8, 4) is 22.3 Å². The minimum absolute atomic E-state index is 0.109. The van der Waals surface area contributed by atoms with E-state index >= 15 is 0 Å². The number of fused-ring (bicyclic) bond motifs is 9. The van der Waals surface area contributed by atoms with Gasteiger partial charge in [0.2, 0.25) is 0 Å². The van der Waals surface area contributed by atoms with Crippen LogP contribution in [0.5, 0.6) is 0 Å². The zero-order valence-electron chi connectivity index (χ0n) is 34.2. The summed E-state index contributed by atoms with van der Waals surface area (Å²) in [5.41, 5.74) is 15.6. The van der Waals surface area contributed by atoms with Crippen LogP contribution in [-0.2, 0) is 17.4 Å². The molecule has 2 aliphatic carbocycles. The van der Waals surface area contributed by atoms with E-state index in [1.54, 1.807) is 22.3 Å². The van der Waals surface area contributed by atoms with E-state index < -0.39 is 0 Å². The topological polar surface area (TPSA) is 4.93 Å². The largest absolute Gasteiger partial charge is 0.341 e. The minimum Gasteiger partial charge on any atom is -0.341 e. The molecular weight excluding hydrogens is 639 g/mol. The second-order valence-electron chi connectivity index (χ2n) is 17.1. The average molecular weight is 708 g/mol. The summed E-state index contributed by atoms with van der Waals surface area (Å²) in [5, 5.41) is 2.98. The molecule has 7 rings (SSSR count). The van der Waals surface area contributed by atoms with Crippen molar-refractivity contribution in [1.29, 1.82) is 0 Å². The third-order valence-electron chi connectivity index (χ3n) is 13.8. The van der Waals surface area contributed by atoms with Crippen LogP contribution in [0.25, 0.3) is 44.1 Å². The average Bonchev–Trinajstić information content (AvgIpc) is 3.75. The highest BCUT2D eigenvalue weighted by Gasteiger charge is 2.44. The van der Waals surface area contributed by atoms with Crippen molar-refractivity contribution >= 4 is 21.8 Å². The molecule has 0 aliphatic heterocycles. The quantitative estimate of drug-likeness (QED) is 0.0669. The molecule has 282 valence electrons. The predicted octanol–water partition coefficient (Wildman–Crippen LogP) is 16.2. The van der Waals surface area contributed by atoms with E-state index in [1.165, 1.54) is 172 Å². The van der Waals surface area contributed by atoms with Crippen LogP contribution < -0.4 is 0 Å². The summed E-state index contributed by atoms with van der Waals surface area (Å²) in [7, 11) is 0. The van der Waals surface area contributed by atoms with Gasteiger partial charge in [0, 0.05) is 39.2 Å². The van der Waals surface area contributed by atoms with Gasteiger partial charge in [-0.05, 0) is 101 Å². The molecule has 1 heteroatoms. The SMILES string of the molecule is CCCCCCC1(CCCCCC)c2ccccc2-c2cc3c(cc21)c1cc2c(cc1n3CC)-c1ccccc1C2(CCCCCC)CCCCCC. The van der Waals surface area contributed by atoms with E-state index in [9.17, 15) is 0 Å². The molecule has 0 spiro atoms. The third-order valence-corrected chi connectivity index (χ3v) is 13.8. The van der Waals surface area contributed by atoms with E-state index in [-0.39, 0.29) is 10.8 Å². The summed E-state index contributed by atoms with van der Waals surface area (Å²) < 4.78 is 2.65. The van der Waals surface area contributed by atoms with Gasteiger partial charge in [0.15, 0.2) is 0 Å². The maximum absolute atomic E-state index is 2.73. The monoisotopic (exact) mass is 708 g/mol. The van der Waals surface area contributed by atoms with Gasteiger partial charge in [-0.15, -0.1) is 0 Å². The van der Waals surface area contributed by atoms with Gasteiger partial charge in [-0.25, -0.2) is 0 Å². The summed E-state index contributed by atoms with van der Waals surface area (Å²) in [6, 6.07) is 29.8. The Hall–Kier alpha value is -3.32. The molecule has 0 radical (unpaired) electrons. The van der Waals surface area contributed by atoms with Gasteiger partial charge < -0.3 is 4.57 Å². The highest BCUT2D eigenvalue weighted by Crippen LogP contribution is 2.58. The van der Waals surface area contributed by atoms with Gasteiger partial charge in [-0.1, -0.05) is 179 Å². The summed E-state index contributed by atoms with van der Waals surface area (Å²) in [6.45, 7) is 12.7. The lowest BCUT2D eigenvalue weighted by molar-refractivity contribution is 0.401. The highest BCUT2D eigenvalue weighted by atomic mass is 15.0. The number of hydrogen-bond acceptors (Lipinski definition) is 0. The molecular formula is C52H69N. The van der Waals surface area contributed by atoms with Crippen molar-refractivity contribution in [3.63, 3.8) is 0 Å². The summed E-state index contributed by atoms with van der Waals surface area (Å²) >= 11 is 0. The molecule has 1 aromatic heterocycles. The Labute approximate surface area is 323 Å². The van der Waals surface area contributed by atoms with E-state index in [0.29, 0.717) is 0 Å². The molecule has 0 amide bonds. The minimum atomic E-state index is 0.109. The van der Waals surface area contributed by atoms with Crippen molar-refractivity contribution in [1.82, 2.24) is 4.57 Å². The van der Waals surface area contributed by atoms with E-state index in [1.807, 2.05) is 0 Å². The molecule has 0 bridgehead atoms. The zero-order valence-corrected chi connectivity index (χ0v) is 34.2. The number of aryl methyl sites for hydroxylation is 1. The number of hydrogen-bond donors (Lipinski definition) is 0. The smallest absolute Gasteiger partial charge is 0.0497 e. The Balaban J connectivity index is 1.44. The van der Waals surface area contributed by atoms with Crippen LogP contribution in [0.1, 0.15) is 185 Å². The standard InChI is InChI=1S/C52H69N/c1-6-11-15-23-31-51(32-24-16-12-7-2)45-29-21-19-27-39(45)41-37-49-43(35-47(41)51)44-36-48-42(38-50(44)53(49)10-5)40-28-20-22-30-46(40)52(48,33-25-17-13-8-3)34-26-18-14-9-4/h19-22,27-30,35-38H,6-18,23-26,31-34H2,1-5H3. The van der Waals surface area contributed by atoms with Crippen molar-refractivity contribution in [2.45, 2.75) is 180 Å². The Morgan fingerprint density at radius 2 is 0.736 bits per heavy atom. The van der Waals surface area contributed by atoms with Gasteiger partial charge in [-0.3, -0.25) is 0 Å². The lowest BCUT2D eigenvalue weighted by Gasteiger charge is -2.33. The lowest BCUT2D eigenvalue weighted by Crippen LogP contribution is -2.25. The summed E-state index contributed by atoms with van der Waals surface area (Å²) in [6.07, 6.45) is 26.2. The maximum Gasteiger partial charge on any atom is 0.0497 e. The first-order valence-corrected chi connectivity index (χ1v) is 22.4. The van der Waals surface area contributed by atoms with Crippen LogP contribution in [-0.4, -0.2) is 4.57 Å². The Kier molecular flexibility index (Phi) is 12.2. The van der Waals surface area contributed by atoms with Crippen LogP contribution in [0, 0.1) is 0 Å². The molecule has 4 aromatic carbocycles. The first-order valence-electron chi connectivity index (χ1n) is 22.4. The summed E-state index contributed by atoms with van der Waals surface area (Å²) in [5.74, 6) is 0. The van der Waals surface area contributed by atoms with Gasteiger partial charge >= 0.3 is 0 Å². The van der Waals surface area contributed by atoms with Crippen LogP contribution in [0.3, 0.4) is 0 Å². The fourth-order valence-electron chi connectivity index (χ4n) is 11.1. The normalized spacial score (nSPS) is 14.9. The molecule has 0 saturated heterocycles. The Morgan fingerprint density at radius 1 is 0.377 bits per heavy atom. The molecule has 0 atom stereocenters. The molecule has 53 heavy (non-hydrogen) atoms. The highest BCUT2D eigenvalue weighted by molar-refractivity contribution is 6.12. The van der Waals surface area contributed by atoms with Crippen molar-refractivity contribution in [2.75, 3.05) is 0 Å². The van der Waals surface area contributed by atoms with Crippen molar-refractivity contribution < 1.29 is 0 Å². The first kappa shape index (κ1) is 38.0. The molecule has 0 N–H and O–H groups in total. The zero-order chi connectivity index (χ0) is 36.8. The van der Waals surface area contributed by atoms with E-state index in [2.05, 4.69) is 112 Å². The number of nitrogens with zero attached hydrogens (tertiary/aromatic N) is 1. The van der Waals surface area contributed by atoms with E-state index in [0.717, 1.165) is 6.54 Å². The number of unbranched alkanes of at least 4 members (excludes halogenated alkanes) is 12. The number of rotatable bonds is 21. The Bertz CT molecular complexity index is 1820. The molecule has 0 fully saturated rings. The van der Waals surface area contributed by atoms with Gasteiger partial charge in [0.25, 0.3) is 0 Å². The number of aromatic nitrogens is 1. The molecule has 1 nitrogen and oxygen atoms in total. The second kappa shape index (κ2) is 17.0. The molecule has 2 aliphatic rings. The first-order chi connectivity index (χ1) is 26.1. The van der Waals surface area contributed by atoms with Crippen LogP contribution in [0.15, 0.2) is 72.8 Å². The third kappa shape index (κ3) is 6.82. The number of benzene rings is 4. The summed E-state index contributed by atoms with van der Waals surface area (Å²) in [4.78, 5) is 0. The van der Waals surface area contributed by atoms with E-state index in [4.69, 9.17) is 0 Å². The Morgan fingerprint density at radius 3 is 1.08 bits per heavy atom. The fourth-order valence-corrected chi connectivity index (χ4v) is 11.1. The van der Waals surface area contributed by atoms with Crippen LogP contribution >= 0.6 is 0 Å². The second-order valence-corrected chi connectivity index (χ2v) is 17.1.